The molecule has 0 atom stereocenters. The predicted molar refractivity (Wildman–Crippen MR) is 89.9 cm³/mol. The second kappa shape index (κ2) is 5.29. The molecule has 3 heterocycles. The molecule has 0 bridgehead atoms. The number of halogens is 1. The summed E-state index contributed by atoms with van der Waals surface area (Å²) < 4.78 is 15.1. The van der Waals surface area contributed by atoms with Crippen molar-refractivity contribution in [3.05, 3.63) is 41.0 Å². The van der Waals surface area contributed by atoms with Gasteiger partial charge in [-0.15, -0.1) is 0 Å². The van der Waals surface area contributed by atoms with Gasteiger partial charge in [0, 0.05) is 19.3 Å². The number of nitrogens with zero attached hydrogens (tertiary/aromatic N) is 5. The molecule has 0 aliphatic carbocycles. The number of amidine groups is 1. The summed E-state index contributed by atoms with van der Waals surface area (Å²) in [6, 6.07) is 4.47. The summed E-state index contributed by atoms with van der Waals surface area (Å²) >= 11 is 0. The van der Waals surface area contributed by atoms with Crippen molar-refractivity contribution in [2.75, 3.05) is 38.5 Å². The maximum atomic E-state index is 13.6. The van der Waals surface area contributed by atoms with Crippen LogP contribution in [0.2, 0.25) is 0 Å². The highest BCUT2D eigenvalue weighted by atomic mass is 19.1. The third kappa shape index (κ3) is 2.63. The SMILES string of the molecule is Cn1cc2c(n1)Nc1ccc(F)cc1N=C2N1CC[N+](C)([O-])CC1. The smallest absolute Gasteiger partial charge is 0.163 e. The molecule has 7 nitrogen and oxygen atoms in total. The quantitative estimate of drug-likeness (QED) is 0.592. The van der Waals surface area contributed by atoms with Gasteiger partial charge < -0.3 is 20.1 Å². The number of rotatable bonds is 0. The molecular weight excluding hydrogens is 311 g/mol. The van der Waals surface area contributed by atoms with Crippen LogP contribution in [0.25, 0.3) is 0 Å². The number of nitrogens with one attached hydrogen (secondary N) is 1. The molecule has 0 spiro atoms. The Morgan fingerprint density at radius 2 is 2.04 bits per heavy atom. The minimum Gasteiger partial charge on any atom is -0.633 e. The molecule has 2 aromatic rings. The van der Waals surface area contributed by atoms with E-state index in [0.717, 1.165) is 11.4 Å². The Morgan fingerprint density at radius 3 is 2.79 bits per heavy atom. The number of aliphatic imine (C=N–C) groups is 1. The standard InChI is InChI=1S/C16H19FN6O/c1-21-10-12-15(20-21)18-13-4-3-11(17)9-14(13)19-16(12)22-5-7-23(2,24)8-6-22/h3-4,9-10H,5-8H2,1-2H3,(H,18,20). The van der Waals surface area contributed by atoms with E-state index in [1.165, 1.54) is 12.1 Å². The maximum Gasteiger partial charge on any atom is 0.163 e. The van der Waals surface area contributed by atoms with Gasteiger partial charge >= 0.3 is 0 Å². The molecule has 4 rings (SSSR count). The van der Waals surface area contributed by atoms with Gasteiger partial charge in [-0.25, -0.2) is 9.38 Å². The molecule has 0 amide bonds. The summed E-state index contributed by atoms with van der Waals surface area (Å²) in [6.07, 6.45) is 1.89. The summed E-state index contributed by atoms with van der Waals surface area (Å²) in [7, 11) is 3.54. The predicted octanol–water partition coefficient (Wildman–Crippen LogP) is 1.95. The van der Waals surface area contributed by atoms with E-state index in [2.05, 4.69) is 15.3 Å². The van der Waals surface area contributed by atoms with Crippen LogP contribution >= 0.6 is 0 Å². The van der Waals surface area contributed by atoms with Gasteiger partial charge in [0.1, 0.15) is 11.7 Å². The lowest BCUT2D eigenvalue weighted by molar-refractivity contribution is -0.864. The molecule has 1 aromatic carbocycles. The average molecular weight is 330 g/mol. The Labute approximate surface area is 139 Å². The van der Waals surface area contributed by atoms with Crippen LogP contribution in [-0.2, 0) is 7.05 Å². The molecule has 1 saturated heterocycles. The molecule has 2 aliphatic heterocycles. The van der Waals surface area contributed by atoms with E-state index >= 15 is 0 Å². The number of piperazine rings is 1. The highest BCUT2D eigenvalue weighted by Gasteiger charge is 2.29. The number of likely N-dealkylation sites (N-methyl/N-ethyl adjacent to an activating group) is 1. The van der Waals surface area contributed by atoms with Gasteiger partial charge in [-0.1, -0.05) is 0 Å². The molecule has 0 unspecified atom stereocenters. The molecular formula is C16H19FN6O. The first kappa shape index (κ1) is 15.1. The van der Waals surface area contributed by atoms with Crippen molar-refractivity contribution in [2.45, 2.75) is 0 Å². The van der Waals surface area contributed by atoms with Gasteiger partial charge in [0.25, 0.3) is 0 Å². The van der Waals surface area contributed by atoms with Crippen molar-refractivity contribution < 1.29 is 9.04 Å². The van der Waals surface area contributed by atoms with Crippen LogP contribution < -0.4 is 5.32 Å². The number of hydrogen-bond donors (Lipinski definition) is 1. The number of hydroxylamine groups is 3. The first-order valence-corrected chi connectivity index (χ1v) is 7.91. The number of fused-ring (bicyclic) bond motifs is 2. The van der Waals surface area contributed by atoms with Gasteiger partial charge in [-0.2, -0.15) is 5.10 Å². The number of hydrogen-bond acceptors (Lipinski definition) is 5. The Bertz CT molecular complexity index is 818. The van der Waals surface area contributed by atoms with Crippen molar-refractivity contribution in [2.24, 2.45) is 12.0 Å². The minimum absolute atomic E-state index is 0.243. The monoisotopic (exact) mass is 330 g/mol. The zero-order valence-corrected chi connectivity index (χ0v) is 13.7. The summed E-state index contributed by atoms with van der Waals surface area (Å²) in [5.41, 5.74) is 2.11. The summed E-state index contributed by atoms with van der Waals surface area (Å²) in [5, 5.41) is 19.8. The topological polar surface area (TPSA) is 68.5 Å². The fraction of sp³-hybridized carbons (Fsp3) is 0.375. The lowest BCUT2D eigenvalue weighted by Crippen LogP contribution is -2.55. The van der Waals surface area contributed by atoms with Crippen LogP contribution in [0, 0.1) is 11.0 Å². The van der Waals surface area contributed by atoms with E-state index in [1.807, 2.05) is 13.2 Å². The van der Waals surface area contributed by atoms with E-state index in [0.29, 0.717) is 43.4 Å². The lowest BCUT2D eigenvalue weighted by Gasteiger charge is -2.45. The number of quaternary nitrogens is 1. The van der Waals surface area contributed by atoms with Crippen molar-refractivity contribution >= 4 is 23.0 Å². The first-order valence-electron chi connectivity index (χ1n) is 7.91. The Morgan fingerprint density at radius 1 is 1.29 bits per heavy atom. The van der Waals surface area contributed by atoms with Crippen molar-refractivity contribution in [1.29, 1.82) is 0 Å². The van der Waals surface area contributed by atoms with Gasteiger partial charge in [-0.05, 0) is 12.1 Å². The van der Waals surface area contributed by atoms with E-state index < -0.39 is 0 Å². The van der Waals surface area contributed by atoms with Crippen molar-refractivity contribution in [1.82, 2.24) is 14.7 Å². The highest BCUT2D eigenvalue weighted by Crippen LogP contribution is 2.34. The molecule has 1 fully saturated rings. The Hall–Kier alpha value is -2.45. The number of benzene rings is 1. The molecule has 1 aromatic heterocycles. The molecule has 2 aliphatic rings. The Kier molecular flexibility index (Phi) is 3.33. The van der Waals surface area contributed by atoms with Crippen LogP contribution in [-0.4, -0.2) is 58.4 Å². The Balaban J connectivity index is 1.80. The highest BCUT2D eigenvalue weighted by molar-refractivity contribution is 6.06. The molecule has 126 valence electrons. The molecule has 0 radical (unpaired) electrons. The summed E-state index contributed by atoms with van der Waals surface area (Å²) in [4.78, 5) is 6.79. The minimum atomic E-state index is -0.332. The first-order chi connectivity index (χ1) is 11.4. The third-order valence-corrected chi connectivity index (χ3v) is 4.49. The van der Waals surface area contributed by atoms with E-state index in [-0.39, 0.29) is 10.5 Å². The average Bonchev–Trinajstić information content (AvgIpc) is 2.81. The van der Waals surface area contributed by atoms with E-state index in [1.54, 1.807) is 17.8 Å². The fourth-order valence-electron chi connectivity index (χ4n) is 3.09. The van der Waals surface area contributed by atoms with Gasteiger partial charge in [0.05, 0.1) is 50.2 Å². The van der Waals surface area contributed by atoms with Crippen LogP contribution in [0.1, 0.15) is 5.56 Å². The molecule has 8 heteroatoms. The lowest BCUT2D eigenvalue weighted by atomic mass is 10.2. The number of aryl methyl sites for hydroxylation is 1. The molecule has 0 saturated carbocycles. The normalized spacial score (nSPS) is 19.0. The maximum absolute atomic E-state index is 13.6. The van der Waals surface area contributed by atoms with E-state index in [4.69, 9.17) is 4.99 Å². The largest absolute Gasteiger partial charge is 0.633 e. The van der Waals surface area contributed by atoms with Crippen LogP contribution in [0.4, 0.5) is 21.6 Å². The van der Waals surface area contributed by atoms with Crippen molar-refractivity contribution in [3.8, 4) is 0 Å². The van der Waals surface area contributed by atoms with Crippen LogP contribution in [0.3, 0.4) is 0 Å². The van der Waals surface area contributed by atoms with Crippen LogP contribution in [0.15, 0.2) is 29.4 Å². The molecule has 24 heavy (non-hydrogen) atoms. The van der Waals surface area contributed by atoms with Gasteiger partial charge in [0.15, 0.2) is 5.82 Å². The zero-order valence-electron chi connectivity index (χ0n) is 13.7. The van der Waals surface area contributed by atoms with Crippen LogP contribution in [0.5, 0.6) is 0 Å². The summed E-state index contributed by atoms with van der Waals surface area (Å²) in [5.74, 6) is 1.09. The van der Waals surface area contributed by atoms with E-state index in [9.17, 15) is 9.60 Å². The fourth-order valence-corrected chi connectivity index (χ4v) is 3.09. The van der Waals surface area contributed by atoms with Crippen molar-refractivity contribution in [3.63, 3.8) is 0 Å². The second-order valence-electron chi connectivity index (χ2n) is 6.52. The second-order valence-corrected chi connectivity index (χ2v) is 6.52. The summed E-state index contributed by atoms with van der Waals surface area (Å²) in [6.45, 7) is 2.21. The van der Waals surface area contributed by atoms with Gasteiger partial charge in [-0.3, -0.25) is 4.68 Å². The van der Waals surface area contributed by atoms with Gasteiger partial charge in [0.2, 0.25) is 0 Å². The molecule has 1 N–H and O–H groups in total. The number of anilines is 2. The third-order valence-electron chi connectivity index (χ3n) is 4.49. The zero-order chi connectivity index (χ0) is 16.9. The number of aromatic nitrogens is 2.